The normalized spacial score (nSPS) is 10.7. The molecular formula is C18H21NO4. The van der Waals surface area contributed by atoms with Gasteiger partial charge in [-0.2, -0.15) is 0 Å². The number of rotatable bonds is 8. The molecule has 0 aliphatic carbocycles. The Morgan fingerprint density at radius 3 is 2.48 bits per heavy atom. The van der Waals surface area contributed by atoms with E-state index in [0.29, 0.717) is 42.6 Å². The van der Waals surface area contributed by atoms with E-state index in [1.807, 2.05) is 37.3 Å². The van der Waals surface area contributed by atoms with Gasteiger partial charge in [-0.05, 0) is 31.2 Å². The third kappa shape index (κ3) is 4.64. The second-order valence-electron chi connectivity index (χ2n) is 4.66. The molecule has 0 amide bonds. The van der Waals surface area contributed by atoms with E-state index < -0.39 is 0 Å². The SMILES string of the molecule is CCOc1cccc(C=NCCOc2ccccc2OC)c1O. The van der Waals surface area contributed by atoms with Gasteiger partial charge in [0.2, 0.25) is 0 Å². The quantitative estimate of drug-likeness (QED) is 0.600. The number of methoxy groups -OCH3 is 1. The molecule has 0 aliphatic heterocycles. The van der Waals surface area contributed by atoms with E-state index in [1.165, 1.54) is 0 Å². The summed E-state index contributed by atoms with van der Waals surface area (Å²) in [5, 5.41) is 10.1. The van der Waals surface area contributed by atoms with Crippen LogP contribution in [0.25, 0.3) is 0 Å². The van der Waals surface area contributed by atoms with Gasteiger partial charge < -0.3 is 19.3 Å². The molecule has 0 spiro atoms. The molecule has 0 aromatic heterocycles. The van der Waals surface area contributed by atoms with Gasteiger partial charge >= 0.3 is 0 Å². The molecular weight excluding hydrogens is 294 g/mol. The zero-order valence-electron chi connectivity index (χ0n) is 13.4. The zero-order chi connectivity index (χ0) is 16.5. The summed E-state index contributed by atoms with van der Waals surface area (Å²) in [6, 6.07) is 12.8. The van der Waals surface area contributed by atoms with Crippen LogP contribution >= 0.6 is 0 Å². The van der Waals surface area contributed by atoms with Crippen molar-refractivity contribution in [3.63, 3.8) is 0 Å². The van der Waals surface area contributed by atoms with Gasteiger partial charge in [-0.1, -0.05) is 18.2 Å². The summed E-state index contributed by atoms with van der Waals surface area (Å²) in [6.07, 6.45) is 1.61. The third-order valence-corrected chi connectivity index (χ3v) is 3.11. The van der Waals surface area contributed by atoms with Gasteiger partial charge in [0, 0.05) is 11.8 Å². The van der Waals surface area contributed by atoms with E-state index in [4.69, 9.17) is 14.2 Å². The second-order valence-corrected chi connectivity index (χ2v) is 4.66. The summed E-state index contributed by atoms with van der Waals surface area (Å²) in [7, 11) is 1.61. The van der Waals surface area contributed by atoms with Crippen LogP contribution in [0.4, 0.5) is 0 Å². The average molecular weight is 315 g/mol. The number of hydrogen-bond acceptors (Lipinski definition) is 5. The van der Waals surface area contributed by atoms with Crippen LogP contribution in [-0.4, -0.2) is 38.2 Å². The van der Waals surface area contributed by atoms with Crippen LogP contribution < -0.4 is 14.2 Å². The predicted octanol–water partition coefficient (Wildman–Crippen LogP) is 3.30. The molecule has 2 rings (SSSR count). The Kier molecular flexibility index (Phi) is 6.29. The van der Waals surface area contributed by atoms with Crippen LogP contribution in [0, 0.1) is 0 Å². The van der Waals surface area contributed by atoms with Crippen molar-refractivity contribution < 1.29 is 19.3 Å². The van der Waals surface area contributed by atoms with E-state index in [-0.39, 0.29) is 5.75 Å². The summed E-state index contributed by atoms with van der Waals surface area (Å²) in [5.41, 5.74) is 0.619. The van der Waals surface area contributed by atoms with Crippen molar-refractivity contribution in [2.75, 3.05) is 26.9 Å². The van der Waals surface area contributed by atoms with Crippen molar-refractivity contribution in [2.24, 2.45) is 4.99 Å². The fourth-order valence-corrected chi connectivity index (χ4v) is 2.02. The lowest BCUT2D eigenvalue weighted by Gasteiger charge is -2.09. The number of hydrogen-bond donors (Lipinski definition) is 1. The number of nitrogens with zero attached hydrogens (tertiary/aromatic N) is 1. The van der Waals surface area contributed by atoms with Gasteiger partial charge in [0.1, 0.15) is 6.61 Å². The number of aromatic hydroxyl groups is 1. The van der Waals surface area contributed by atoms with Crippen molar-refractivity contribution in [1.29, 1.82) is 0 Å². The molecule has 2 aromatic rings. The van der Waals surface area contributed by atoms with Crippen LogP contribution in [0.5, 0.6) is 23.0 Å². The number of para-hydroxylation sites is 3. The van der Waals surface area contributed by atoms with Gasteiger partial charge in [0.25, 0.3) is 0 Å². The minimum Gasteiger partial charge on any atom is -0.504 e. The van der Waals surface area contributed by atoms with Crippen molar-refractivity contribution in [1.82, 2.24) is 0 Å². The van der Waals surface area contributed by atoms with Crippen LogP contribution in [0.1, 0.15) is 12.5 Å². The maximum atomic E-state index is 10.1. The molecule has 1 N–H and O–H groups in total. The Hall–Kier alpha value is -2.69. The summed E-state index contributed by atoms with van der Waals surface area (Å²) < 4.78 is 16.2. The first-order chi connectivity index (χ1) is 11.3. The molecule has 0 saturated carbocycles. The number of aliphatic imine (C=N–C) groups is 1. The predicted molar refractivity (Wildman–Crippen MR) is 90.2 cm³/mol. The molecule has 5 heteroatoms. The molecule has 0 aliphatic rings. The highest BCUT2D eigenvalue weighted by molar-refractivity contribution is 5.84. The van der Waals surface area contributed by atoms with Crippen LogP contribution in [0.3, 0.4) is 0 Å². The van der Waals surface area contributed by atoms with Gasteiger partial charge in [-0.15, -0.1) is 0 Å². The number of ether oxygens (including phenoxy) is 3. The Morgan fingerprint density at radius 2 is 1.74 bits per heavy atom. The third-order valence-electron chi connectivity index (χ3n) is 3.11. The maximum Gasteiger partial charge on any atom is 0.166 e. The topological polar surface area (TPSA) is 60.3 Å². The highest BCUT2D eigenvalue weighted by Crippen LogP contribution is 2.28. The molecule has 23 heavy (non-hydrogen) atoms. The van der Waals surface area contributed by atoms with Crippen molar-refractivity contribution in [3.05, 3.63) is 48.0 Å². The molecule has 0 radical (unpaired) electrons. The highest BCUT2D eigenvalue weighted by Gasteiger charge is 2.05. The standard InChI is InChI=1S/C18H21NO4/c1-3-22-17-10-6-7-14(18(17)20)13-19-11-12-23-16-9-5-4-8-15(16)21-2/h4-10,13,20H,3,11-12H2,1-2H3. The van der Waals surface area contributed by atoms with E-state index in [1.54, 1.807) is 25.5 Å². The summed E-state index contributed by atoms with van der Waals surface area (Å²) in [4.78, 5) is 4.27. The Labute approximate surface area is 136 Å². The molecule has 0 saturated heterocycles. The van der Waals surface area contributed by atoms with Crippen molar-refractivity contribution in [3.8, 4) is 23.0 Å². The Morgan fingerprint density at radius 1 is 1.00 bits per heavy atom. The van der Waals surface area contributed by atoms with Gasteiger partial charge in [0.15, 0.2) is 23.0 Å². The highest BCUT2D eigenvalue weighted by atomic mass is 16.5. The lowest BCUT2D eigenvalue weighted by molar-refractivity contribution is 0.303. The minimum atomic E-state index is 0.101. The van der Waals surface area contributed by atoms with Crippen LogP contribution in [0.15, 0.2) is 47.5 Å². The first-order valence-corrected chi connectivity index (χ1v) is 7.46. The Bertz CT molecular complexity index is 655. The monoisotopic (exact) mass is 315 g/mol. The fraction of sp³-hybridized carbons (Fsp3) is 0.278. The van der Waals surface area contributed by atoms with Crippen molar-refractivity contribution in [2.45, 2.75) is 6.92 Å². The van der Waals surface area contributed by atoms with Crippen molar-refractivity contribution >= 4 is 6.21 Å². The molecule has 122 valence electrons. The van der Waals surface area contributed by atoms with E-state index in [2.05, 4.69) is 4.99 Å². The van der Waals surface area contributed by atoms with Crippen LogP contribution in [0.2, 0.25) is 0 Å². The molecule has 2 aromatic carbocycles. The number of phenolic OH excluding ortho intramolecular Hbond substituents is 1. The average Bonchev–Trinajstić information content (AvgIpc) is 2.58. The summed E-state index contributed by atoms with van der Waals surface area (Å²) in [5.74, 6) is 1.94. The molecule has 5 nitrogen and oxygen atoms in total. The minimum absolute atomic E-state index is 0.101. The first kappa shape index (κ1) is 16.7. The fourth-order valence-electron chi connectivity index (χ4n) is 2.02. The van der Waals surface area contributed by atoms with E-state index in [9.17, 15) is 5.11 Å². The molecule has 0 unspecified atom stereocenters. The first-order valence-electron chi connectivity index (χ1n) is 7.46. The molecule has 0 bridgehead atoms. The second kappa shape index (κ2) is 8.68. The van der Waals surface area contributed by atoms with E-state index in [0.717, 1.165) is 0 Å². The molecule has 0 fully saturated rings. The lowest BCUT2D eigenvalue weighted by Crippen LogP contribution is -2.02. The molecule has 0 atom stereocenters. The van der Waals surface area contributed by atoms with Gasteiger partial charge in [0.05, 0.1) is 20.3 Å². The maximum absolute atomic E-state index is 10.1. The summed E-state index contributed by atoms with van der Waals surface area (Å²) >= 11 is 0. The smallest absolute Gasteiger partial charge is 0.166 e. The van der Waals surface area contributed by atoms with E-state index >= 15 is 0 Å². The summed E-state index contributed by atoms with van der Waals surface area (Å²) in [6.45, 7) is 3.26. The lowest BCUT2D eigenvalue weighted by atomic mass is 10.2. The zero-order valence-corrected chi connectivity index (χ0v) is 13.4. The Balaban J connectivity index is 1.89. The number of phenols is 1. The number of benzene rings is 2. The van der Waals surface area contributed by atoms with Gasteiger partial charge in [-0.3, -0.25) is 4.99 Å². The van der Waals surface area contributed by atoms with Gasteiger partial charge in [-0.25, -0.2) is 0 Å². The van der Waals surface area contributed by atoms with Crippen LogP contribution in [-0.2, 0) is 0 Å². The largest absolute Gasteiger partial charge is 0.504 e. The molecule has 0 heterocycles.